The fourth-order valence-corrected chi connectivity index (χ4v) is 1.55. The minimum Gasteiger partial charge on any atom is -0.465 e. The molecule has 1 N–H and O–H groups in total. The summed E-state index contributed by atoms with van der Waals surface area (Å²) in [6, 6.07) is 9.23. The highest BCUT2D eigenvalue weighted by molar-refractivity contribution is 5.99. The van der Waals surface area contributed by atoms with Crippen LogP contribution in [-0.4, -0.2) is 18.5 Å². The molecule has 18 heavy (non-hydrogen) atoms. The van der Waals surface area contributed by atoms with Crippen molar-refractivity contribution in [2.75, 3.05) is 11.9 Å². The molecule has 1 aliphatic rings. The summed E-state index contributed by atoms with van der Waals surface area (Å²) in [7, 11) is 0. The molecule has 1 atom stereocenters. The Morgan fingerprint density at radius 3 is 2.78 bits per heavy atom. The number of ether oxygens (including phenoxy) is 2. The van der Waals surface area contributed by atoms with Crippen LogP contribution in [0.1, 0.15) is 6.92 Å². The zero-order valence-electron chi connectivity index (χ0n) is 9.88. The van der Waals surface area contributed by atoms with Crippen molar-refractivity contribution < 1.29 is 19.1 Å². The lowest BCUT2D eigenvalue weighted by Gasteiger charge is -2.05. The molecule has 0 aromatic heterocycles. The van der Waals surface area contributed by atoms with Gasteiger partial charge < -0.3 is 14.8 Å². The number of hydrogen-bond acceptors (Lipinski definition) is 5. The molecule has 1 unspecified atom stereocenters. The lowest BCUT2D eigenvalue weighted by Crippen LogP contribution is -2.21. The summed E-state index contributed by atoms with van der Waals surface area (Å²) in [5.41, 5.74) is 0.779. The molecular weight excluding hydrogens is 234 g/mol. The number of benzene rings is 1. The topological polar surface area (TPSA) is 64.6 Å². The standard InChI is InChI=1S/C13H13NO4/c1-2-17-12(15)10-8-11(18-13(10)16)14-9-6-4-3-5-7-9/h3-8,10,14H,2H2,1H3. The van der Waals surface area contributed by atoms with Crippen molar-refractivity contribution in [3.63, 3.8) is 0 Å². The average Bonchev–Trinajstić information content (AvgIpc) is 2.72. The SMILES string of the molecule is CCOC(=O)C1C=C(Nc2ccccc2)OC1=O. The molecule has 0 aliphatic carbocycles. The molecular formula is C13H13NO4. The predicted octanol–water partition coefficient (Wildman–Crippen LogP) is 1.68. The van der Waals surface area contributed by atoms with Crippen molar-refractivity contribution in [3.8, 4) is 0 Å². The third-order valence-corrected chi connectivity index (χ3v) is 2.36. The van der Waals surface area contributed by atoms with Gasteiger partial charge in [0.15, 0.2) is 11.8 Å². The lowest BCUT2D eigenvalue weighted by atomic mass is 10.1. The van der Waals surface area contributed by atoms with E-state index in [-0.39, 0.29) is 12.5 Å². The van der Waals surface area contributed by atoms with Crippen LogP contribution in [0.5, 0.6) is 0 Å². The number of nitrogens with one attached hydrogen (secondary N) is 1. The number of carbonyl (C=O) groups excluding carboxylic acids is 2. The van der Waals surface area contributed by atoms with E-state index < -0.39 is 17.9 Å². The van der Waals surface area contributed by atoms with Gasteiger partial charge in [0.1, 0.15) is 0 Å². The van der Waals surface area contributed by atoms with Crippen molar-refractivity contribution in [1.29, 1.82) is 0 Å². The van der Waals surface area contributed by atoms with E-state index in [0.29, 0.717) is 0 Å². The Labute approximate surface area is 104 Å². The van der Waals surface area contributed by atoms with Gasteiger partial charge in [-0.1, -0.05) is 18.2 Å². The highest BCUT2D eigenvalue weighted by Gasteiger charge is 2.34. The summed E-state index contributed by atoms with van der Waals surface area (Å²) < 4.78 is 9.74. The van der Waals surface area contributed by atoms with Gasteiger partial charge in [0.05, 0.1) is 6.61 Å². The molecule has 1 heterocycles. The third-order valence-electron chi connectivity index (χ3n) is 2.36. The van der Waals surface area contributed by atoms with Crippen molar-refractivity contribution in [2.24, 2.45) is 5.92 Å². The van der Waals surface area contributed by atoms with Crippen LogP contribution < -0.4 is 5.32 Å². The first kappa shape index (κ1) is 12.2. The summed E-state index contributed by atoms with van der Waals surface area (Å²) in [6.45, 7) is 1.92. The maximum atomic E-state index is 11.5. The van der Waals surface area contributed by atoms with Crippen LogP contribution in [0.25, 0.3) is 0 Å². The van der Waals surface area contributed by atoms with Crippen LogP contribution >= 0.6 is 0 Å². The van der Waals surface area contributed by atoms with Crippen LogP contribution in [0.15, 0.2) is 42.3 Å². The van der Waals surface area contributed by atoms with Gasteiger partial charge in [-0.05, 0) is 19.1 Å². The number of esters is 2. The number of cyclic esters (lactones) is 1. The number of carbonyl (C=O) groups is 2. The highest BCUT2D eigenvalue weighted by atomic mass is 16.6. The molecule has 0 saturated carbocycles. The maximum Gasteiger partial charge on any atom is 0.331 e. The first-order valence-corrected chi connectivity index (χ1v) is 5.63. The average molecular weight is 247 g/mol. The van der Waals surface area contributed by atoms with E-state index in [2.05, 4.69) is 5.32 Å². The van der Waals surface area contributed by atoms with Gasteiger partial charge >= 0.3 is 11.9 Å². The van der Waals surface area contributed by atoms with E-state index in [9.17, 15) is 9.59 Å². The Morgan fingerprint density at radius 2 is 2.11 bits per heavy atom. The molecule has 0 spiro atoms. The van der Waals surface area contributed by atoms with Gasteiger partial charge in [-0.3, -0.25) is 9.59 Å². The molecule has 0 bridgehead atoms. The van der Waals surface area contributed by atoms with Crippen molar-refractivity contribution >= 4 is 17.6 Å². The Hall–Kier alpha value is -2.30. The molecule has 0 saturated heterocycles. The normalized spacial score (nSPS) is 17.9. The molecule has 0 fully saturated rings. The molecule has 0 radical (unpaired) electrons. The number of anilines is 1. The zero-order valence-corrected chi connectivity index (χ0v) is 9.88. The van der Waals surface area contributed by atoms with E-state index >= 15 is 0 Å². The Kier molecular flexibility index (Phi) is 3.62. The largest absolute Gasteiger partial charge is 0.465 e. The van der Waals surface area contributed by atoms with Crippen LogP contribution in [0.4, 0.5) is 5.69 Å². The number of rotatable bonds is 4. The van der Waals surface area contributed by atoms with Gasteiger partial charge in [-0.2, -0.15) is 0 Å². The Balaban J connectivity index is 2.05. The van der Waals surface area contributed by atoms with Crippen LogP contribution in [0, 0.1) is 5.92 Å². The van der Waals surface area contributed by atoms with Crippen LogP contribution in [0.3, 0.4) is 0 Å². The van der Waals surface area contributed by atoms with Crippen molar-refractivity contribution in [2.45, 2.75) is 6.92 Å². The summed E-state index contributed by atoms with van der Waals surface area (Å²) in [5, 5.41) is 2.91. The smallest absolute Gasteiger partial charge is 0.331 e. The Morgan fingerprint density at radius 1 is 1.39 bits per heavy atom. The maximum absolute atomic E-state index is 11.5. The van der Waals surface area contributed by atoms with Gasteiger partial charge in [0.2, 0.25) is 0 Å². The first-order valence-electron chi connectivity index (χ1n) is 5.63. The first-order chi connectivity index (χ1) is 8.70. The molecule has 5 nitrogen and oxygen atoms in total. The van der Waals surface area contributed by atoms with Crippen molar-refractivity contribution in [1.82, 2.24) is 0 Å². The molecule has 2 rings (SSSR count). The van der Waals surface area contributed by atoms with Crippen molar-refractivity contribution in [3.05, 3.63) is 42.3 Å². The monoisotopic (exact) mass is 247 g/mol. The second-order valence-electron chi connectivity index (χ2n) is 3.67. The second-order valence-corrected chi connectivity index (χ2v) is 3.67. The van der Waals surface area contributed by atoms with Gasteiger partial charge in [-0.25, -0.2) is 0 Å². The molecule has 0 amide bonds. The van der Waals surface area contributed by atoms with E-state index in [1.807, 2.05) is 30.3 Å². The minimum absolute atomic E-state index is 0.234. The quantitative estimate of drug-likeness (QED) is 0.647. The van der Waals surface area contributed by atoms with Crippen LogP contribution in [0.2, 0.25) is 0 Å². The molecule has 1 aromatic carbocycles. The number of para-hydroxylation sites is 1. The minimum atomic E-state index is -0.976. The second kappa shape index (κ2) is 5.35. The summed E-state index contributed by atoms with van der Waals surface area (Å²) in [6.07, 6.45) is 1.42. The van der Waals surface area contributed by atoms with Crippen LogP contribution in [-0.2, 0) is 19.1 Å². The van der Waals surface area contributed by atoms with E-state index in [4.69, 9.17) is 9.47 Å². The molecule has 5 heteroatoms. The fourth-order valence-electron chi connectivity index (χ4n) is 1.55. The predicted molar refractivity (Wildman–Crippen MR) is 64.4 cm³/mol. The van der Waals surface area contributed by atoms with E-state index in [1.165, 1.54) is 6.08 Å². The van der Waals surface area contributed by atoms with Gasteiger partial charge in [-0.15, -0.1) is 0 Å². The Bertz CT molecular complexity index is 481. The molecule has 1 aromatic rings. The van der Waals surface area contributed by atoms with Gasteiger partial charge in [0, 0.05) is 11.8 Å². The lowest BCUT2D eigenvalue weighted by molar-refractivity contribution is -0.154. The van der Waals surface area contributed by atoms with Gasteiger partial charge in [0.25, 0.3) is 0 Å². The fraction of sp³-hybridized carbons (Fsp3) is 0.231. The number of hydrogen-bond donors (Lipinski definition) is 1. The summed E-state index contributed by atoms with van der Waals surface area (Å²) in [5.74, 6) is -1.93. The third kappa shape index (κ3) is 2.68. The molecule has 94 valence electrons. The molecule has 1 aliphatic heterocycles. The highest BCUT2D eigenvalue weighted by Crippen LogP contribution is 2.21. The summed E-state index contributed by atoms with van der Waals surface area (Å²) >= 11 is 0. The zero-order chi connectivity index (χ0) is 13.0. The van der Waals surface area contributed by atoms with E-state index in [1.54, 1.807) is 6.92 Å². The summed E-state index contributed by atoms with van der Waals surface area (Å²) in [4.78, 5) is 22.9. The van der Waals surface area contributed by atoms with E-state index in [0.717, 1.165) is 5.69 Å².